The van der Waals surface area contributed by atoms with Crippen LogP contribution in [0.4, 0.5) is 0 Å². The number of unbranched alkanes of at least 4 members (excludes halogenated alkanes) is 1. The van der Waals surface area contributed by atoms with Gasteiger partial charge in [-0.15, -0.1) is 0 Å². The van der Waals surface area contributed by atoms with E-state index in [1.807, 2.05) is 18.2 Å². The minimum absolute atomic E-state index is 0.259. The zero-order valence-corrected chi connectivity index (χ0v) is 16.6. The van der Waals surface area contributed by atoms with Gasteiger partial charge in [-0.25, -0.2) is 4.79 Å². The van der Waals surface area contributed by atoms with Crippen LogP contribution in [0.3, 0.4) is 0 Å². The third kappa shape index (κ3) is 7.72. The number of carboxylic acid groups (broad SMARTS) is 1. The third-order valence-electron chi connectivity index (χ3n) is 4.80. The fraction of sp³-hybridized carbons (Fsp3) is 0.522. The molecule has 0 aromatic heterocycles. The number of carbonyl (C=O) groups is 1. The van der Waals surface area contributed by atoms with Gasteiger partial charge in [0.1, 0.15) is 0 Å². The Morgan fingerprint density at radius 2 is 1.92 bits per heavy atom. The lowest BCUT2D eigenvalue weighted by atomic mass is 9.71. The van der Waals surface area contributed by atoms with Crippen LogP contribution in [0, 0.1) is 5.41 Å². The molecule has 0 aliphatic heterocycles. The van der Waals surface area contributed by atoms with E-state index < -0.39 is 5.97 Å². The summed E-state index contributed by atoms with van der Waals surface area (Å²) in [6, 6.07) is 0. The van der Waals surface area contributed by atoms with Gasteiger partial charge in [0.25, 0.3) is 0 Å². The second kappa shape index (κ2) is 10.2. The lowest BCUT2D eigenvalue weighted by molar-refractivity contribution is -0.131. The summed E-state index contributed by atoms with van der Waals surface area (Å²) >= 11 is 0. The fourth-order valence-corrected chi connectivity index (χ4v) is 3.35. The Morgan fingerprint density at radius 1 is 1.20 bits per heavy atom. The maximum Gasteiger partial charge on any atom is 0.328 e. The molecule has 0 unspecified atom stereocenters. The number of hydrogen-bond acceptors (Lipinski definition) is 1. The Morgan fingerprint density at radius 3 is 2.56 bits per heavy atom. The molecule has 0 aromatic rings. The molecule has 0 spiro atoms. The first-order valence-corrected chi connectivity index (χ1v) is 9.43. The van der Waals surface area contributed by atoms with Crippen molar-refractivity contribution in [2.24, 2.45) is 5.41 Å². The molecule has 2 nitrogen and oxygen atoms in total. The predicted octanol–water partition coefficient (Wildman–Crippen LogP) is 6.77. The largest absolute Gasteiger partial charge is 0.478 e. The minimum Gasteiger partial charge on any atom is -0.478 e. The Hall–Kier alpha value is -1.83. The van der Waals surface area contributed by atoms with Gasteiger partial charge in [-0.3, -0.25) is 0 Å². The molecule has 1 aliphatic carbocycles. The highest BCUT2D eigenvalue weighted by atomic mass is 16.4. The van der Waals surface area contributed by atoms with Crippen LogP contribution in [0.5, 0.6) is 0 Å². The van der Waals surface area contributed by atoms with E-state index in [2.05, 4.69) is 39.8 Å². The number of allylic oxidation sites excluding steroid dienone is 9. The molecule has 138 valence electrons. The molecule has 0 heterocycles. The maximum atomic E-state index is 10.6. The Bertz CT molecular complexity index is 610. The van der Waals surface area contributed by atoms with Gasteiger partial charge in [-0.2, -0.15) is 0 Å². The van der Waals surface area contributed by atoms with Gasteiger partial charge in [0.2, 0.25) is 0 Å². The lowest BCUT2D eigenvalue weighted by Gasteiger charge is -2.34. The van der Waals surface area contributed by atoms with E-state index in [9.17, 15) is 4.79 Å². The van der Waals surface area contributed by atoms with Gasteiger partial charge in [0.05, 0.1) is 0 Å². The number of hydrogen-bond donors (Lipinski definition) is 1. The normalized spacial score (nSPS) is 19.2. The van der Waals surface area contributed by atoms with Crippen molar-refractivity contribution in [3.63, 3.8) is 0 Å². The van der Waals surface area contributed by atoms with Crippen molar-refractivity contribution < 1.29 is 9.90 Å². The van der Waals surface area contributed by atoms with Crippen LogP contribution in [0.25, 0.3) is 0 Å². The van der Waals surface area contributed by atoms with E-state index in [1.165, 1.54) is 55.7 Å². The van der Waals surface area contributed by atoms with E-state index in [4.69, 9.17) is 5.11 Å². The highest BCUT2D eigenvalue weighted by molar-refractivity contribution is 5.81. The summed E-state index contributed by atoms with van der Waals surface area (Å²) in [5.74, 6) is -0.908. The van der Waals surface area contributed by atoms with Gasteiger partial charge >= 0.3 is 5.97 Å². The molecule has 0 amide bonds. The number of carboxylic acids is 1. The van der Waals surface area contributed by atoms with Crippen molar-refractivity contribution in [1.29, 1.82) is 0 Å². The molecule has 0 atom stereocenters. The average molecular weight is 343 g/mol. The van der Waals surface area contributed by atoms with Crippen molar-refractivity contribution in [3.05, 3.63) is 58.7 Å². The molecular weight excluding hydrogens is 308 g/mol. The van der Waals surface area contributed by atoms with Gasteiger partial charge in [-0.05, 0) is 62.5 Å². The predicted molar refractivity (Wildman–Crippen MR) is 108 cm³/mol. The first kappa shape index (κ1) is 21.2. The molecular formula is C23H34O2. The second-order valence-corrected chi connectivity index (χ2v) is 7.69. The van der Waals surface area contributed by atoms with Crippen LogP contribution in [0.2, 0.25) is 0 Å². The molecule has 25 heavy (non-hydrogen) atoms. The molecule has 0 fully saturated rings. The fourth-order valence-electron chi connectivity index (χ4n) is 3.35. The summed E-state index contributed by atoms with van der Waals surface area (Å²) in [5.41, 5.74) is 5.32. The van der Waals surface area contributed by atoms with E-state index >= 15 is 0 Å². The van der Waals surface area contributed by atoms with E-state index in [0.29, 0.717) is 0 Å². The molecule has 0 bridgehead atoms. The molecule has 1 N–H and O–H groups in total. The van der Waals surface area contributed by atoms with Gasteiger partial charge in [0, 0.05) is 6.08 Å². The zero-order valence-electron chi connectivity index (χ0n) is 16.6. The van der Waals surface area contributed by atoms with Gasteiger partial charge in [0.15, 0.2) is 0 Å². The summed E-state index contributed by atoms with van der Waals surface area (Å²) in [6.07, 6.45) is 19.0. The average Bonchev–Trinajstić information content (AvgIpc) is 2.50. The first-order valence-electron chi connectivity index (χ1n) is 9.43. The summed E-state index contributed by atoms with van der Waals surface area (Å²) < 4.78 is 0. The van der Waals surface area contributed by atoms with Crippen molar-refractivity contribution in [3.8, 4) is 0 Å². The molecule has 0 saturated heterocycles. The SMILES string of the molecule is CCCCC1=C(C=CC(C)=CC=CC(C)=CC(=O)O)C(C)(C)CCC1. The van der Waals surface area contributed by atoms with Gasteiger partial charge in [-0.1, -0.05) is 68.7 Å². The lowest BCUT2D eigenvalue weighted by Crippen LogP contribution is -2.20. The van der Waals surface area contributed by atoms with E-state index in [0.717, 1.165) is 5.57 Å². The summed E-state index contributed by atoms with van der Waals surface area (Å²) in [7, 11) is 0. The summed E-state index contributed by atoms with van der Waals surface area (Å²) in [5, 5.41) is 8.71. The van der Waals surface area contributed by atoms with Crippen LogP contribution in [-0.4, -0.2) is 11.1 Å². The Kier molecular flexibility index (Phi) is 8.68. The smallest absolute Gasteiger partial charge is 0.328 e. The maximum absolute atomic E-state index is 10.6. The first-order chi connectivity index (χ1) is 11.8. The van der Waals surface area contributed by atoms with Gasteiger partial charge < -0.3 is 5.11 Å². The summed E-state index contributed by atoms with van der Waals surface area (Å²) in [6.45, 7) is 10.8. The highest BCUT2D eigenvalue weighted by Crippen LogP contribution is 2.42. The Balaban J connectivity index is 2.91. The molecule has 1 rings (SSSR count). The van der Waals surface area contributed by atoms with E-state index in [-0.39, 0.29) is 5.41 Å². The minimum atomic E-state index is -0.908. The number of rotatable bonds is 8. The zero-order chi connectivity index (χ0) is 18.9. The molecule has 0 radical (unpaired) electrons. The van der Waals surface area contributed by atoms with Crippen molar-refractivity contribution >= 4 is 5.97 Å². The summed E-state index contributed by atoms with van der Waals surface area (Å²) in [4.78, 5) is 10.6. The van der Waals surface area contributed by atoms with Crippen molar-refractivity contribution in [2.75, 3.05) is 0 Å². The van der Waals surface area contributed by atoms with Crippen LogP contribution < -0.4 is 0 Å². The second-order valence-electron chi connectivity index (χ2n) is 7.69. The van der Waals surface area contributed by atoms with Crippen LogP contribution in [0.1, 0.15) is 73.1 Å². The molecule has 2 heteroatoms. The van der Waals surface area contributed by atoms with E-state index in [1.54, 1.807) is 12.5 Å². The standard InChI is InChI=1S/C23H34O2/c1-6-7-12-20-13-9-16-23(4,5)21(20)15-14-18(2)10-8-11-19(3)17-22(24)25/h8,10-11,14-15,17H,6-7,9,12-13,16H2,1-5H3,(H,24,25). The highest BCUT2D eigenvalue weighted by Gasteiger charge is 2.27. The monoisotopic (exact) mass is 342 g/mol. The Labute approximate surface area is 153 Å². The third-order valence-corrected chi connectivity index (χ3v) is 4.80. The molecule has 0 aromatic carbocycles. The topological polar surface area (TPSA) is 37.3 Å². The number of aliphatic carboxylic acids is 1. The van der Waals surface area contributed by atoms with Crippen LogP contribution in [-0.2, 0) is 4.79 Å². The van der Waals surface area contributed by atoms with Crippen molar-refractivity contribution in [2.45, 2.75) is 73.1 Å². The van der Waals surface area contributed by atoms with Crippen LogP contribution >= 0.6 is 0 Å². The quantitative estimate of drug-likeness (QED) is 0.390. The molecule has 0 saturated carbocycles. The van der Waals surface area contributed by atoms with Crippen LogP contribution in [0.15, 0.2) is 58.7 Å². The van der Waals surface area contributed by atoms with Crippen molar-refractivity contribution in [1.82, 2.24) is 0 Å². The molecule has 1 aliphatic rings.